The summed E-state index contributed by atoms with van der Waals surface area (Å²) in [6.45, 7) is 12.4. The third kappa shape index (κ3) is 3.37. The molecule has 7 heteroatoms. The van der Waals surface area contributed by atoms with Crippen molar-refractivity contribution in [3.05, 3.63) is 26.7 Å². The van der Waals surface area contributed by atoms with E-state index in [4.69, 9.17) is 4.98 Å². The molecule has 144 valence electrons. The van der Waals surface area contributed by atoms with Crippen molar-refractivity contribution in [2.75, 3.05) is 13.1 Å². The number of hydrogen-bond donors (Lipinski definition) is 0. The molecule has 0 unspecified atom stereocenters. The van der Waals surface area contributed by atoms with Crippen LogP contribution in [0.2, 0.25) is 0 Å². The van der Waals surface area contributed by atoms with E-state index >= 15 is 0 Å². The fraction of sp³-hybridized carbons (Fsp3) is 0.737. The van der Waals surface area contributed by atoms with Crippen molar-refractivity contribution in [3.8, 4) is 0 Å². The molecule has 1 aliphatic heterocycles. The normalized spacial score (nSPS) is 21.8. The van der Waals surface area contributed by atoms with E-state index in [0.717, 1.165) is 25.5 Å². The Morgan fingerprint density at radius 2 is 1.69 bits per heavy atom. The minimum absolute atomic E-state index is 0.261. The van der Waals surface area contributed by atoms with Crippen molar-refractivity contribution in [2.45, 2.75) is 47.2 Å². The number of piperidine rings is 1. The second-order valence-electron chi connectivity index (χ2n) is 8.55. The highest BCUT2D eigenvalue weighted by molar-refractivity contribution is 5.71. The summed E-state index contributed by atoms with van der Waals surface area (Å²) in [5, 5.41) is 0. The minimum Gasteiger partial charge on any atom is -0.321 e. The summed E-state index contributed by atoms with van der Waals surface area (Å²) in [6, 6.07) is 0. The van der Waals surface area contributed by atoms with Gasteiger partial charge in [-0.3, -0.25) is 18.8 Å². The third-order valence-electron chi connectivity index (χ3n) is 5.28. The van der Waals surface area contributed by atoms with Gasteiger partial charge >= 0.3 is 5.69 Å². The Kier molecular flexibility index (Phi) is 5.10. The van der Waals surface area contributed by atoms with E-state index in [2.05, 4.69) is 32.6 Å². The second kappa shape index (κ2) is 7.02. The number of rotatable bonds is 4. The average Bonchev–Trinajstić information content (AvgIpc) is 2.88. The summed E-state index contributed by atoms with van der Waals surface area (Å²) in [5.74, 6) is 2.60. The first-order valence-electron chi connectivity index (χ1n) is 9.56. The molecule has 0 saturated carbocycles. The van der Waals surface area contributed by atoms with Gasteiger partial charge in [0.15, 0.2) is 11.2 Å². The molecular weight excluding hydrogens is 330 g/mol. The van der Waals surface area contributed by atoms with Crippen molar-refractivity contribution in [2.24, 2.45) is 31.8 Å². The lowest BCUT2D eigenvalue weighted by Gasteiger charge is -2.34. The topological polar surface area (TPSA) is 65.1 Å². The summed E-state index contributed by atoms with van der Waals surface area (Å²) in [6.07, 6.45) is 1.26. The molecule has 0 bridgehead atoms. The summed E-state index contributed by atoms with van der Waals surface area (Å²) in [4.78, 5) is 32.2. The monoisotopic (exact) mass is 361 g/mol. The molecular formula is C19H31N5O2. The summed E-state index contributed by atoms with van der Waals surface area (Å²) >= 11 is 0. The summed E-state index contributed by atoms with van der Waals surface area (Å²) in [5.41, 5.74) is 0.439. The highest BCUT2D eigenvalue weighted by Crippen LogP contribution is 2.23. The quantitative estimate of drug-likeness (QED) is 0.829. The van der Waals surface area contributed by atoms with Crippen LogP contribution in [0.1, 0.15) is 39.9 Å². The largest absolute Gasteiger partial charge is 0.332 e. The number of fused-ring (bicyclic) bond motifs is 1. The molecule has 1 fully saturated rings. The standard InChI is InChI=1S/C19H31N5O2/c1-12(2)8-24-15(11-23-9-13(3)7-14(4)10-23)20-17-16(24)18(25)22(6)19(26)21(17)5/h12-14H,7-11H2,1-6H3/t13-,14+. The maximum Gasteiger partial charge on any atom is 0.332 e. The molecule has 7 nitrogen and oxygen atoms in total. The smallest absolute Gasteiger partial charge is 0.321 e. The van der Waals surface area contributed by atoms with E-state index in [-0.39, 0.29) is 11.2 Å². The van der Waals surface area contributed by atoms with Gasteiger partial charge in [0.2, 0.25) is 0 Å². The van der Waals surface area contributed by atoms with Crippen LogP contribution in [0.4, 0.5) is 0 Å². The zero-order chi connectivity index (χ0) is 19.2. The van der Waals surface area contributed by atoms with Crippen LogP contribution in [0.15, 0.2) is 9.59 Å². The molecule has 0 aromatic carbocycles. The van der Waals surface area contributed by atoms with Crippen molar-refractivity contribution in [1.82, 2.24) is 23.6 Å². The highest BCUT2D eigenvalue weighted by atomic mass is 16.2. The lowest BCUT2D eigenvalue weighted by Crippen LogP contribution is -2.39. The Bertz CT molecular complexity index is 911. The maximum atomic E-state index is 12.8. The number of aryl methyl sites for hydroxylation is 1. The molecule has 0 amide bonds. The Morgan fingerprint density at radius 1 is 1.08 bits per heavy atom. The van der Waals surface area contributed by atoms with Gasteiger partial charge in [0.25, 0.3) is 5.56 Å². The first kappa shape index (κ1) is 18.9. The molecule has 0 N–H and O–H groups in total. The van der Waals surface area contributed by atoms with Crippen LogP contribution < -0.4 is 11.2 Å². The Balaban J connectivity index is 2.12. The van der Waals surface area contributed by atoms with Crippen LogP contribution in [-0.2, 0) is 27.2 Å². The molecule has 0 spiro atoms. The number of nitrogens with zero attached hydrogens (tertiary/aromatic N) is 5. The Hall–Kier alpha value is -1.89. The van der Waals surface area contributed by atoms with E-state index in [1.807, 2.05) is 4.57 Å². The molecule has 2 aromatic heterocycles. The van der Waals surface area contributed by atoms with Crippen LogP contribution >= 0.6 is 0 Å². The predicted molar refractivity (Wildman–Crippen MR) is 103 cm³/mol. The van der Waals surface area contributed by atoms with Gasteiger partial charge in [0, 0.05) is 33.7 Å². The lowest BCUT2D eigenvalue weighted by atomic mass is 9.92. The van der Waals surface area contributed by atoms with Gasteiger partial charge in [0.05, 0.1) is 6.54 Å². The molecule has 1 saturated heterocycles. The van der Waals surface area contributed by atoms with Gasteiger partial charge in [-0.1, -0.05) is 27.7 Å². The molecule has 0 radical (unpaired) electrons. The maximum absolute atomic E-state index is 12.8. The predicted octanol–water partition coefficient (Wildman–Crippen LogP) is 1.57. The molecule has 2 aromatic rings. The van der Waals surface area contributed by atoms with Crippen molar-refractivity contribution < 1.29 is 0 Å². The molecule has 1 aliphatic rings. The van der Waals surface area contributed by atoms with Gasteiger partial charge in [-0.2, -0.15) is 0 Å². The zero-order valence-corrected chi connectivity index (χ0v) is 16.8. The van der Waals surface area contributed by atoms with Gasteiger partial charge in [-0.05, 0) is 24.2 Å². The van der Waals surface area contributed by atoms with E-state index in [9.17, 15) is 9.59 Å². The number of likely N-dealkylation sites (tertiary alicyclic amines) is 1. The second-order valence-corrected chi connectivity index (χ2v) is 8.55. The lowest BCUT2D eigenvalue weighted by molar-refractivity contribution is 0.130. The molecule has 3 rings (SSSR count). The van der Waals surface area contributed by atoms with Crippen LogP contribution in [0.5, 0.6) is 0 Å². The summed E-state index contributed by atoms with van der Waals surface area (Å²) < 4.78 is 4.69. The van der Waals surface area contributed by atoms with Crippen molar-refractivity contribution >= 4 is 11.2 Å². The Morgan fingerprint density at radius 3 is 2.27 bits per heavy atom. The van der Waals surface area contributed by atoms with Gasteiger partial charge < -0.3 is 4.57 Å². The third-order valence-corrected chi connectivity index (χ3v) is 5.28. The number of hydrogen-bond acceptors (Lipinski definition) is 4. The van der Waals surface area contributed by atoms with Crippen LogP contribution in [0, 0.1) is 17.8 Å². The Labute approximate surface area is 154 Å². The number of aromatic nitrogens is 4. The number of imidazole rings is 1. The molecule has 3 heterocycles. The van der Waals surface area contributed by atoms with Crippen molar-refractivity contribution in [1.29, 1.82) is 0 Å². The molecule has 26 heavy (non-hydrogen) atoms. The van der Waals surface area contributed by atoms with E-state index < -0.39 is 0 Å². The van der Waals surface area contributed by atoms with Gasteiger partial charge in [0.1, 0.15) is 5.82 Å². The van der Waals surface area contributed by atoms with Gasteiger partial charge in [-0.15, -0.1) is 0 Å². The van der Waals surface area contributed by atoms with Crippen LogP contribution in [-0.4, -0.2) is 36.7 Å². The van der Waals surface area contributed by atoms with Gasteiger partial charge in [-0.25, -0.2) is 9.78 Å². The van der Waals surface area contributed by atoms with Crippen LogP contribution in [0.3, 0.4) is 0 Å². The van der Waals surface area contributed by atoms with Crippen molar-refractivity contribution in [3.63, 3.8) is 0 Å². The fourth-order valence-electron chi connectivity index (χ4n) is 4.30. The average molecular weight is 361 g/mol. The zero-order valence-electron chi connectivity index (χ0n) is 16.8. The van der Waals surface area contributed by atoms with E-state index in [1.165, 1.54) is 22.6 Å². The minimum atomic E-state index is -0.330. The highest BCUT2D eigenvalue weighted by Gasteiger charge is 2.25. The first-order valence-corrected chi connectivity index (χ1v) is 9.56. The molecule has 2 atom stereocenters. The SMILES string of the molecule is CC(C)Cn1c(CN2C[C@H](C)C[C@H](C)C2)nc2c1c(=O)n(C)c(=O)n2C. The fourth-order valence-corrected chi connectivity index (χ4v) is 4.30. The van der Waals surface area contributed by atoms with E-state index in [1.54, 1.807) is 7.05 Å². The molecule has 0 aliphatic carbocycles. The summed E-state index contributed by atoms with van der Waals surface area (Å²) in [7, 11) is 3.22. The van der Waals surface area contributed by atoms with Crippen LogP contribution in [0.25, 0.3) is 11.2 Å². The first-order chi connectivity index (χ1) is 12.2. The van der Waals surface area contributed by atoms with E-state index in [0.29, 0.717) is 35.5 Å².